The number of nitrogen functional groups attached to an aromatic ring is 1. The van der Waals surface area contributed by atoms with Gasteiger partial charge in [-0.25, -0.2) is 4.98 Å². The number of halogens is 1. The first kappa shape index (κ1) is 10.1. The molecule has 2 heterocycles. The van der Waals surface area contributed by atoms with Gasteiger partial charge in [-0.15, -0.1) is 0 Å². The summed E-state index contributed by atoms with van der Waals surface area (Å²) in [5, 5.41) is 1.22. The van der Waals surface area contributed by atoms with E-state index >= 15 is 0 Å². The largest absolute Gasteiger partial charge is 0.397 e. The van der Waals surface area contributed by atoms with Crippen LogP contribution in [0.15, 0.2) is 42.7 Å². The Labute approximate surface area is 103 Å². The highest BCUT2D eigenvalue weighted by Crippen LogP contribution is 2.25. The second-order valence-electron chi connectivity index (χ2n) is 3.66. The Hall–Kier alpha value is -2.07. The molecule has 0 aliphatic rings. The maximum absolute atomic E-state index is 5.96. The zero-order valence-electron chi connectivity index (χ0n) is 8.84. The van der Waals surface area contributed by atoms with Gasteiger partial charge in [-0.2, -0.15) is 4.98 Å². The first-order valence-electron chi connectivity index (χ1n) is 5.10. The van der Waals surface area contributed by atoms with E-state index < -0.39 is 0 Å². The zero-order valence-corrected chi connectivity index (χ0v) is 9.59. The maximum Gasteiger partial charge on any atom is 0.224 e. The predicted octanol–water partition coefficient (Wildman–Crippen LogP) is 2.66. The van der Waals surface area contributed by atoms with Crippen molar-refractivity contribution in [1.29, 1.82) is 0 Å². The van der Waals surface area contributed by atoms with Gasteiger partial charge in [0, 0.05) is 17.8 Å². The number of hydrogen-bond acceptors (Lipinski definition) is 3. The molecule has 0 fully saturated rings. The molecule has 2 aromatic heterocycles. The van der Waals surface area contributed by atoms with E-state index in [9.17, 15) is 0 Å². The molecule has 0 spiro atoms. The molecular weight excluding hydrogens is 236 g/mol. The molecule has 3 aromatic rings. The molecule has 0 saturated carbocycles. The Morgan fingerprint density at radius 3 is 2.82 bits per heavy atom. The average molecular weight is 245 g/mol. The van der Waals surface area contributed by atoms with Crippen LogP contribution in [-0.4, -0.2) is 14.5 Å². The molecular formula is C12H9ClN4. The summed E-state index contributed by atoms with van der Waals surface area (Å²) in [5.41, 5.74) is 7.67. The minimum Gasteiger partial charge on any atom is -0.397 e. The molecule has 0 saturated heterocycles. The second kappa shape index (κ2) is 3.75. The molecule has 1 aromatic carbocycles. The Bertz CT molecular complexity index is 690. The lowest BCUT2D eigenvalue weighted by atomic mass is 10.2. The third-order valence-corrected chi connectivity index (χ3v) is 2.78. The lowest BCUT2D eigenvalue weighted by molar-refractivity contribution is 1.01. The minimum absolute atomic E-state index is 0.221. The molecule has 4 nitrogen and oxygen atoms in total. The van der Waals surface area contributed by atoms with Crippen LogP contribution in [0.4, 0.5) is 5.69 Å². The summed E-state index contributed by atoms with van der Waals surface area (Å²) in [6, 6.07) is 9.67. The van der Waals surface area contributed by atoms with Crippen LogP contribution in [0.2, 0.25) is 5.28 Å². The minimum atomic E-state index is 0.221. The number of hydrogen-bond donors (Lipinski definition) is 1. The number of anilines is 1. The summed E-state index contributed by atoms with van der Waals surface area (Å²) in [6.45, 7) is 0. The third-order valence-electron chi connectivity index (χ3n) is 2.60. The van der Waals surface area contributed by atoms with Crippen molar-refractivity contribution in [2.75, 3.05) is 5.73 Å². The number of aromatic nitrogens is 3. The molecule has 0 bridgehead atoms. The van der Waals surface area contributed by atoms with Crippen molar-refractivity contribution in [1.82, 2.24) is 14.5 Å². The van der Waals surface area contributed by atoms with Crippen LogP contribution in [0.5, 0.6) is 0 Å². The van der Waals surface area contributed by atoms with Crippen LogP contribution < -0.4 is 5.73 Å². The van der Waals surface area contributed by atoms with Crippen molar-refractivity contribution in [2.45, 2.75) is 0 Å². The molecule has 5 heteroatoms. The normalized spacial score (nSPS) is 10.9. The van der Waals surface area contributed by atoms with Crippen molar-refractivity contribution >= 4 is 28.2 Å². The quantitative estimate of drug-likeness (QED) is 0.670. The Balaban J connectivity index is 2.31. The lowest BCUT2D eigenvalue weighted by Gasteiger charge is -2.03. The summed E-state index contributed by atoms with van der Waals surface area (Å²) in [4.78, 5) is 8.03. The number of para-hydroxylation sites is 1. The molecule has 0 atom stereocenters. The van der Waals surface area contributed by atoms with Gasteiger partial charge in [0.05, 0.1) is 11.2 Å². The van der Waals surface area contributed by atoms with Crippen molar-refractivity contribution in [3.8, 4) is 5.82 Å². The third kappa shape index (κ3) is 1.62. The fraction of sp³-hybridized carbons (Fsp3) is 0. The van der Waals surface area contributed by atoms with Crippen LogP contribution in [0, 0.1) is 0 Å². The number of nitrogens with zero attached hydrogens (tertiary/aromatic N) is 3. The Morgan fingerprint density at radius 1 is 1.18 bits per heavy atom. The number of rotatable bonds is 1. The number of benzene rings is 1. The van der Waals surface area contributed by atoms with E-state index in [1.54, 1.807) is 12.3 Å². The molecule has 3 rings (SSSR count). The van der Waals surface area contributed by atoms with Gasteiger partial charge in [0.2, 0.25) is 5.28 Å². The van der Waals surface area contributed by atoms with Gasteiger partial charge in [-0.05, 0) is 23.7 Å². The topological polar surface area (TPSA) is 56.7 Å². The summed E-state index contributed by atoms with van der Waals surface area (Å²) in [6.07, 6.45) is 3.46. The van der Waals surface area contributed by atoms with E-state index in [-0.39, 0.29) is 5.28 Å². The van der Waals surface area contributed by atoms with Gasteiger partial charge < -0.3 is 5.73 Å². The predicted molar refractivity (Wildman–Crippen MR) is 68.3 cm³/mol. The smallest absolute Gasteiger partial charge is 0.224 e. The van der Waals surface area contributed by atoms with Gasteiger partial charge in [0.1, 0.15) is 5.82 Å². The molecule has 0 aliphatic carbocycles. The van der Waals surface area contributed by atoms with Crippen molar-refractivity contribution in [3.63, 3.8) is 0 Å². The fourth-order valence-electron chi connectivity index (χ4n) is 1.86. The number of fused-ring (bicyclic) bond motifs is 1. The van der Waals surface area contributed by atoms with E-state index in [0.717, 1.165) is 16.6 Å². The van der Waals surface area contributed by atoms with Gasteiger partial charge in [-0.3, -0.25) is 4.57 Å². The molecule has 2 N–H and O–H groups in total. The van der Waals surface area contributed by atoms with E-state index in [1.165, 1.54) is 0 Å². The van der Waals surface area contributed by atoms with Crippen LogP contribution in [0.1, 0.15) is 0 Å². The van der Waals surface area contributed by atoms with Crippen LogP contribution in [-0.2, 0) is 0 Å². The van der Waals surface area contributed by atoms with Crippen LogP contribution in [0.3, 0.4) is 0 Å². The van der Waals surface area contributed by atoms with Crippen molar-refractivity contribution < 1.29 is 0 Å². The highest BCUT2D eigenvalue weighted by Gasteiger charge is 2.08. The highest BCUT2D eigenvalue weighted by atomic mass is 35.5. The molecule has 84 valence electrons. The van der Waals surface area contributed by atoms with Crippen LogP contribution in [0.25, 0.3) is 16.7 Å². The highest BCUT2D eigenvalue weighted by molar-refractivity contribution is 6.28. The zero-order chi connectivity index (χ0) is 11.8. The van der Waals surface area contributed by atoms with Gasteiger partial charge in [-0.1, -0.05) is 18.2 Å². The van der Waals surface area contributed by atoms with E-state index in [0.29, 0.717) is 5.82 Å². The van der Waals surface area contributed by atoms with E-state index in [1.807, 2.05) is 35.0 Å². The van der Waals surface area contributed by atoms with Gasteiger partial charge in [0.25, 0.3) is 0 Å². The molecule has 0 amide bonds. The second-order valence-corrected chi connectivity index (χ2v) is 3.99. The fourth-order valence-corrected chi connectivity index (χ4v) is 2.00. The summed E-state index contributed by atoms with van der Waals surface area (Å²) >= 11 is 5.79. The molecule has 17 heavy (non-hydrogen) atoms. The van der Waals surface area contributed by atoms with E-state index in [4.69, 9.17) is 17.3 Å². The van der Waals surface area contributed by atoms with Crippen molar-refractivity contribution in [3.05, 3.63) is 48.0 Å². The summed E-state index contributed by atoms with van der Waals surface area (Å²) < 4.78 is 1.90. The first-order valence-corrected chi connectivity index (χ1v) is 5.48. The summed E-state index contributed by atoms with van der Waals surface area (Å²) in [7, 11) is 0. The first-order chi connectivity index (χ1) is 8.25. The maximum atomic E-state index is 5.96. The van der Waals surface area contributed by atoms with E-state index in [2.05, 4.69) is 9.97 Å². The average Bonchev–Trinajstić information content (AvgIpc) is 2.68. The molecule has 0 unspecified atom stereocenters. The van der Waals surface area contributed by atoms with Crippen molar-refractivity contribution in [2.24, 2.45) is 0 Å². The molecule has 0 aliphatic heterocycles. The Morgan fingerprint density at radius 2 is 2.00 bits per heavy atom. The van der Waals surface area contributed by atoms with Crippen LogP contribution >= 0.6 is 11.6 Å². The SMILES string of the molecule is Nc1cn(-c2ccnc(Cl)n2)c2ccccc12. The monoisotopic (exact) mass is 244 g/mol. The standard InChI is InChI=1S/C12H9ClN4/c13-12-15-6-5-11(16-12)17-7-9(14)8-3-1-2-4-10(8)17/h1-7H,14H2. The van der Waals surface area contributed by atoms with Gasteiger partial charge >= 0.3 is 0 Å². The Kier molecular flexibility index (Phi) is 2.23. The molecule has 0 radical (unpaired) electrons. The lowest BCUT2D eigenvalue weighted by Crippen LogP contribution is -1.96. The number of nitrogens with two attached hydrogens (primary N) is 1. The van der Waals surface area contributed by atoms with Gasteiger partial charge in [0.15, 0.2) is 0 Å². The summed E-state index contributed by atoms with van der Waals surface area (Å²) in [5.74, 6) is 0.706.